The van der Waals surface area contributed by atoms with Gasteiger partial charge in [-0.1, -0.05) is 30.2 Å². The van der Waals surface area contributed by atoms with Crippen LogP contribution in [0.15, 0.2) is 23.3 Å². The molecule has 96 valence electrons. The molecule has 2 heteroatoms. The number of carbonyl (C=O) groups is 1. The smallest absolute Gasteiger partial charge is 0.302 e. The Morgan fingerprint density at radius 1 is 1.53 bits per heavy atom. The molecular weight excluding hydrogens is 212 g/mol. The molecule has 0 aromatic rings. The van der Waals surface area contributed by atoms with Crippen molar-refractivity contribution in [1.29, 1.82) is 0 Å². The lowest BCUT2D eigenvalue weighted by atomic mass is 9.88. The molecule has 0 saturated heterocycles. The molecule has 0 spiro atoms. The van der Waals surface area contributed by atoms with E-state index in [1.807, 2.05) is 0 Å². The number of carbonyl (C=O) groups excluding carboxylic acids is 1. The average Bonchev–Trinajstić information content (AvgIpc) is 2.58. The number of ether oxygens (including phenoxy) is 1. The molecule has 2 unspecified atom stereocenters. The predicted molar refractivity (Wildman–Crippen MR) is 70.7 cm³/mol. The summed E-state index contributed by atoms with van der Waals surface area (Å²) in [6.07, 6.45) is 3.42. The molecule has 0 aromatic carbocycles. The highest BCUT2D eigenvalue weighted by atomic mass is 16.5. The summed E-state index contributed by atoms with van der Waals surface area (Å²) in [6.45, 7) is 12.5. The van der Waals surface area contributed by atoms with Crippen molar-refractivity contribution in [2.24, 2.45) is 11.8 Å². The number of rotatable bonds is 5. The van der Waals surface area contributed by atoms with Crippen LogP contribution in [0.25, 0.3) is 0 Å². The minimum Gasteiger partial charge on any atom is -0.466 e. The van der Waals surface area contributed by atoms with Gasteiger partial charge in [-0.05, 0) is 39.0 Å². The van der Waals surface area contributed by atoms with E-state index >= 15 is 0 Å². The average molecular weight is 236 g/mol. The SMILES string of the molecule is C=C(C)C1CCC(C)=C1CC(C)COC(C)=O. The number of esters is 1. The zero-order valence-corrected chi connectivity index (χ0v) is 11.5. The van der Waals surface area contributed by atoms with Crippen LogP contribution in [0.5, 0.6) is 0 Å². The molecule has 1 aliphatic rings. The lowest BCUT2D eigenvalue weighted by Gasteiger charge is -2.19. The van der Waals surface area contributed by atoms with Crippen LogP contribution in [0.2, 0.25) is 0 Å². The molecule has 0 bridgehead atoms. The van der Waals surface area contributed by atoms with Crippen LogP contribution in [-0.4, -0.2) is 12.6 Å². The van der Waals surface area contributed by atoms with Crippen molar-refractivity contribution in [2.45, 2.75) is 47.0 Å². The third-order valence-electron chi connectivity index (χ3n) is 3.51. The van der Waals surface area contributed by atoms with Gasteiger partial charge in [-0.2, -0.15) is 0 Å². The van der Waals surface area contributed by atoms with Gasteiger partial charge in [0.05, 0.1) is 6.61 Å². The fourth-order valence-corrected chi connectivity index (χ4v) is 2.55. The maximum atomic E-state index is 10.8. The summed E-state index contributed by atoms with van der Waals surface area (Å²) in [5.41, 5.74) is 4.29. The number of hydrogen-bond donors (Lipinski definition) is 0. The van der Waals surface area contributed by atoms with E-state index in [1.165, 1.54) is 36.5 Å². The largest absolute Gasteiger partial charge is 0.466 e. The second-order valence-electron chi connectivity index (χ2n) is 5.36. The summed E-state index contributed by atoms with van der Waals surface area (Å²) in [4.78, 5) is 10.8. The number of allylic oxidation sites excluding steroid dienone is 3. The fourth-order valence-electron chi connectivity index (χ4n) is 2.55. The second-order valence-corrected chi connectivity index (χ2v) is 5.36. The number of hydrogen-bond acceptors (Lipinski definition) is 2. The van der Waals surface area contributed by atoms with Gasteiger partial charge in [0.25, 0.3) is 0 Å². The Labute approximate surface area is 105 Å². The standard InChI is InChI=1S/C15H24O2/c1-10(2)14-7-6-12(4)15(14)8-11(3)9-17-13(5)16/h11,14H,1,6-9H2,2-5H3. The van der Waals surface area contributed by atoms with Gasteiger partial charge in [-0.25, -0.2) is 0 Å². The maximum absolute atomic E-state index is 10.8. The van der Waals surface area contributed by atoms with E-state index in [4.69, 9.17) is 4.74 Å². The van der Waals surface area contributed by atoms with E-state index in [9.17, 15) is 4.79 Å². The molecule has 0 aromatic heterocycles. The van der Waals surface area contributed by atoms with E-state index in [0.717, 1.165) is 6.42 Å². The summed E-state index contributed by atoms with van der Waals surface area (Å²) in [5, 5.41) is 0. The van der Waals surface area contributed by atoms with Crippen molar-refractivity contribution in [1.82, 2.24) is 0 Å². The molecule has 2 atom stereocenters. The molecule has 0 radical (unpaired) electrons. The zero-order chi connectivity index (χ0) is 13.0. The molecule has 17 heavy (non-hydrogen) atoms. The summed E-state index contributed by atoms with van der Waals surface area (Å²) in [5.74, 6) is 0.754. The van der Waals surface area contributed by atoms with Crippen LogP contribution in [-0.2, 0) is 9.53 Å². The summed E-state index contributed by atoms with van der Waals surface area (Å²) < 4.78 is 5.06. The predicted octanol–water partition coefficient (Wildman–Crippen LogP) is 3.88. The Morgan fingerprint density at radius 3 is 2.71 bits per heavy atom. The quantitative estimate of drug-likeness (QED) is 0.535. The molecule has 1 rings (SSSR count). The van der Waals surface area contributed by atoms with Crippen molar-refractivity contribution >= 4 is 5.97 Å². The first-order chi connectivity index (χ1) is 7.91. The van der Waals surface area contributed by atoms with E-state index < -0.39 is 0 Å². The van der Waals surface area contributed by atoms with Crippen LogP contribution >= 0.6 is 0 Å². The first-order valence-corrected chi connectivity index (χ1v) is 6.39. The Bertz CT molecular complexity index is 339. The lowest BCUT2D eigenvalue weighted by Crippen LogP contribution is -2.12. The monoisotopic (exact) mass is 236 g/mol. The minimum absolute atomic E-state index is 0.189. The van der Waals surface area contributed by atoms with E-state index in [-0.39, 0.29) is 5.97 Å². The first-order valence-electron chi connectivity index (χ1n) is 6.39. The Balaban J connectivity index is 2.56. The van der Waals surface area contributed by atoms with E-state index in [0.29, 0.717) is 18.4 Å². The molecule has 0 saturated carbocycles. The van der Waals surface area contributed by atoms with Gasteiger partial charge in [-0.15, -0.1) is 0 Å². The normalized spacial score (nSPS) is 21.5. The van der Waals surface area contributed by atoms with Crippen LogP contribution in [0.4, 0.5) is 0 Å². The maximum Gasteiger partial charge on any atom is 0.302 e. The Morgan fingerprint density at radius 2 is 2.18 bits per heavy atom. The van der Waals surface area contributed by atoms with Gasteiger partial charge in [0.2, 0.25) is 0 Å². The van der Waals surface area contributed by atoms with Crippen molar-refractivity contribution in [2.75, 3.05) is 6.61 Å². The van der Waals surface area contributed by atoms with Gasteiger partial charge in [0, 0.05) is 12.8 Å². The highest BCUT2D eigenvalue weighted by Crippen LogP contribution is 2.39. The van der Waals surface area contributed by atoms with Crippen LogP contribution in [0.3, 0.4) is 0 Å². The fraction of sp³-hybridized carbons (Fsp3) is 0.667. The Kier molecular flexibility index (Phi) is 4.98. The van der Waals surface area contributed by atoms with Crippen molar-refractivity contribution in [3.8, 4) is 0 Å². The third kappa shape index (κ3) is 4.03. The molecule has 0 heterocycles. The van der Waals surface area contributed by atoms with Crippen molar-refractivity contribution in [3.63, 3.8) is 0 Å². The van der Waals surface area contributed by atoms with Gasteiger partial charge in [-0.3, -0.25) is 4.79 Å². The summed E-state index contributed by atoms with van der Waals surface area (Å²) >= 11 is 0. The molecule has 1 aliphatic carbocycles. The van der Waals surface area contributed by atoms with E-state index in [1.54, 1.807) is 0 Å². The summed E-state index contributed by atoms with van der Waals surface area (Å²) in [6, 6.07) is 0. The van der Waals surface area contributed by atoms with Crippen LogP contribution in [0.1, 0.15) is 47.0 Å². The van der Waals surface area contributed by atoms with Crippen molar-refractivity contribution < 1.29 is 9.53 Å². The summed E-state index contributed by atoms with van der Waals surface area (Å²) in [7, 11) is 0. The molecule has 0 amide bonds. The van der Waals surface area contributed by atoms with Crippen LogP contribution < -0.4 is 0 Å². The lowest BCUT2D eigenvalue weighted by molar-refractivity contribution is -0.142. The topological polar surface area (TPSA) is 26.3 Å². The highest BCUT2D eigenvalue weighted by Gasteiger charge is 2.25. The van der Waals surface area contributed by atoms with Crippen molar-refractivity contribution in [3.05, 3.63) is 23.3 Å². The second kappa shape index (κ2) is 6.04. The molecule has 2 nitrogen and oxygen atoms in total. The third-order valence-corrected chi connectivity index (χ3v) is 3.51. The zero-order valence-electron chi connectivity index (χ0n) is 11.5. The van der Waals surface area contributed by atoms with Gasteiger partial charge >= 0.3 is 5.97 Å². The van der Waals surface area contributed by atoms with Gasteiger partial charge < -0.3 is 4.74 Å². The van der Waals surface area contributed by atoms with Crippen LogP contribution in [0, 0.1) is 11.8 Å². The molecular formula is C15H24O2. The molecule has 0 N–H and O–H groups in total. The van der Waals surface area contributed by atoms with Gasteiger partial charge in [0.1, 0.15) is 0 Å². The Hall–Kier alpha value is -1.05. The highest BCUT2D eigenvalue weighted by molar-refractivity contribution is 5.65. The molecule has 0 fully saturated rings. The van der Waals surface area contributed by atoms with E-state index in [2.05, 4.69) is 27.4 Å². The molecule has 0 aliphatic heterocycles. The minimum atomic E-state index is -0.189. The van der Waals surface area contributed by atoms with Gasteiger partial charge in [0.15, 0.2) is 0 Å². The first kappa shape index (κ1) is 14.0.